The van der Waals surface area contributed by atoms with E-state index in [1.807, 2.05) is 0 Å². The average molecular weight is 238 g/mol. The van der Waals surface area contributed by atoms with E-state index in [2.05, 4.69) is 25.7 Å². The number of likely N-dealkylation sites (tertiary alicyclic amines) is 1. The third-order valence-electron chi connectivity index (χ3n) is 5.11. The van der Waals surface area contributed by atoms with Gasteiger partial charge in [0, 0.05) is 12.6 Å². The smallest absolute Gasteiger partial charge is 0.0129 e. The van der Waals surface area contributed by atoms with Crippen LogP contribution < -0.4 is 5.73 Å². The maximum absolute atomic E-state index is 5.82. The van der Waals surface area contributed by atoms with Crippen LogP contribution >= 0.6 is 0 Å². The van der Waals surface area contributed by atoms with Crippen LogP contribution in [0.3, 0.4) is 0 Å². The van der Waals surface area contributed by atoms with E-state index in [4.69, 9.17) is 5.73 Å². The number of hydrogen-bond donors (Lipinski definition) is 1. The Labute approximate surface area is 107 Å². The summed E-state index contributed by atoms with van der Waals surface area (Å²) in [6.07, 6.45) is 5.62. The molecule has 2 nitrogen and oxygen atoms in total. The molecular weight excluding hydrogens is 208 g/mol. The first kappa shape index (κ1) is 13.4. The van der Waals surface area contributed by atoms with Gasteiger partial charge in [-0.3, -0.25) is 4.90 Å². The maximum atomic E-state index is 5.82. The first-order valence-electron chi connectivity index (χ1n) is 7.56. The Hall–Kier alpha value is -0.0800. The molecule has 2 rings (SSSR count). The van der Waals surface area contributed by atoms with Gasteiger partial charge in [0.15, 0.2) is 0 Å². The van der Waals surface area contributed by atoms with Gasteiger partial charge in [-0.1, -0.05) is 27.2 Å². The van der Waals surface area contributed by atoms with Crippen molar-refractivity contribution < 1.29 is 0 Å². The summed E-state index contributed by atoms with van der Waals surface area (Å²) in [4.78, 5) is 2.76. The van der Waals surface area contributed by atoms with E-state index < -0.39 is 0 Å². The van der Waals surface area contributed by atoms with E-state index in [-0.39, 0.29) is 0 Å². The van der Waals surface area contributed by atoms with Gasteiger partial charge in [0.05, 0.1) is 0 Å². The largest absolute Gasteiger partial charge is 0.330 e. The Kier molecular flexibility index (Phi) is 4.48. The third-order valence-corrected chi connectivity index (χ3v) is 5.11. The fraction of sp³-hybridized carbons (Fsp3) is 1.00. The second-order valence-corrected chi connectivity index (χ2v) is 6.78. The number of nitrogens with zero attached hydrogens (tertiary/aromatic N) is 1. The molecule has 2 N–H and O–H groups in total. The Morgan fingerprint density at radius 3 is 2.59 bits per heavy atom. The van der Waals surface area contributed by atoms with Crippen molar-refractivity contribution in [1.29, 1.82) is 0 Å². The van der Waals surface area contributed by atoms with Gasteiger partial charge in [-0.2, -0.15) is 0 Å². The lowest BCUT2D eigenvalue weighted by Crippen LogP contribution is -2.45. The molecule has 0 aromatic carbocycles. The Morgan fingerprint density at radius 1 is 1.24 bits per heavy atom. The second-order valence-electron chi connectivity index (χ2n) is 6.78. The van der Waals surface area contributed by atoms with Crippen molar-refractivity contribution in [2.24, 2.45) is 29.4 Å². The molecule has 1 saturated heterocycles. The number of nitrogens with two attached hydrogens (primary N) is 1. The van der Waals surface area contributed by atoms with Crippen molar-refractivity contribution >= 4 is 0 Å². The molecular formula is C15H30N2. The monoisotopic (exact) mass is 238 g/mol. The Bertz CT molecular complexity index is 239. The summed E-state index contributed by atoms with van der Waals surface area (Å²) < 4.78 is 0. The van der Waals surface area contributed by atoms with E-state index in [0.717, 1.165) is 36.3 Å². The first-order valence-corrected chi connectivity index (χ1v) is 7.56. The predicted molar refractivity (Wildman–Crippen MR) is 73.9 cm³/mol. The lowest BCUT2D eigenvalue weighted by Gasteiger charge is -2.42. The van der Waals surface area contributed by atoms with Crippen molar-refractivity contribution in [3.8, 4) is 0 Å². The molecule has 0 bridgehead atoms. The molecule has 1 heterocycles. The highest BCUT2D eigenvalue weighted by molar-refractivity contribution is 4.90. The standard InChI is InChI=1S/C15H30N2/c1-11(2)14-5-4-12(3)8-15(14)17-7-6-13(9-16)10-17/h11-15H,4-10,16H2,1-3H3. The first-order chi connectivity index (χ1) is 8.11. The summed E-state index contributed by atoms with van der Waals surface area (Å²) in [7, 11) is 0. The molecule has 2 aliphatic rings. The molecule has 17 heavy (non-hydrogen) atoms. The summed E-state index contributed by atoms with van der Waals surface area (Å²) >= 11 is 0. The zero-order valence-electron chi connectivity index (χ0n) is 11.9. The van der Waals surface area contributed by atoms with E-state index in [1.165, 1.54) is 38.8 Å². The zero-order valence-corrected chi connectivity index (χ0v) is 11.9. The van der Waals surface area contributed by atoms with Crippen LogP contribution in [0.5, 0.6) is 0 Å². The van der Waals surface area contributed by atoms with Gasteiger partial charge in [0.25, 0.3) is 0 Å². The van der Waals surface area contributed by atoms with Crippen LogP contribution in [-0.2, 0) is 0 Å². The minimum atomic E-state index is 0.764. The summed E-state index contributed by atoms with van der Waals surface area (Å²) in [5.74, 6) is 3.44. The van der Waals surface area contributed by atoms with Gasteiger partial charge in [0.1, 0.15) is 0 Å². The third kappa shape index (κ3) is 3.03. The molecule has 0 aromatic rings. The predicted octanol–water partition coefficient (Wildman–Crippen LogP) is 2.73. The minimum Gasteiger partial charge on any atom is -0.330 e. The minimum absolute atomic E-state index is 0.764. The van der Waals surface area contributed by atoms with Gasteiger partial charge in [-0.15, -0.1) is 0 Å². The Morgan fingerprint density at radius 2 is 2.00 bits per heavy atom. The van der Waals surface area contributed by atoms with Gasteiger partial charge in [-0.25, -0.2) is 0 Å². The summed E-state index contributed by atoms with van der Waals surface area (Å²) in [6, 6.07) is 0.843. The van der Waals surface area contributed by atoms with Crippen LogP contribution in [0.1, 0.15) is 46.5 Å². The van der Waals surface area contributed by atoms with Crippen molar-refractivity contribution in [3.05, 3.63) is 0 Å². The zero-order chi connectivity index (χ0) is 12.4. The molecule has 0 spiro atoms. The van der Waals surface area contributed by atoms with Crippen LogP contribution in [0.25, 0.3) is 0 Å². The number of hydrogen-bond acceptors (Lipinski definition) is 2. The van der Waals surface area contributed by atoms with Crippen LogP contribution in [-0.4, -0.2) is 30.6 Å². The molecule has 1 aliphatic carbocycles. The molecule has 0 amide bonds. The highest BCUT2D eigenvalue weighted by atomic mass is 15.2. The number of rotatable bonds is 3. The topological polar surface area (TPSA) is 29.3 Å². The van der Waals surface area contributed by atoms with Crippen molar-refractivity contribution in [3.63, 3.8) is 0 Å². The van der Waals surface area contributed by atoms with E-state index in [9.17, 15) is 0 Å². The average Bonchev–Trinajstić information content (AvgIpc) is 2.76. The molecule has 1 aliphatic heterocycles. The lowest BCUT2D eigenvalue weighted by molar-refractivity contribution is 0.0742. The van der Waals surface area contributed by atoms with Gasteiger partial charge < -0.3 is 5.73 Å². The van der Waals surface area contributed by atoms with E-state index in [1.54, 1.807) is 0 Å². The van der Waals surface area contributed by atoms with E-state index in [0.29, 0.717) is 0 Å². The Balaban J connectivity index is 2.00. The van der Waals surface area contributed by atoms with E-state index >= 15 is 0 Å². The molecule has 100 valence electrons. The fourth-order valence-electron chi connectivity index (χ4n) is 3.93. The van der Waals surface area contributed by atoms with Crippen LogP contribution in [0.2, 0.25) is 0 Å². The fourth-order valence-corrected chi connectivity index (χ4v) is 3.93. The van der Waals surface area contributed by atoms with Crippen molar-refractivity contribution in [2.45, 2.75) is 52.5 Å². The molecule has 1 saturated carbocycles. The van der Waals surface area contributed by atoms with Crippen LogP contribution in [0.4, 0.5) is 0 Å². The molecule has 0 radical (unpaired) electrons. The van der Waals surface area contributed by atoms with Gasteiger partial charge in [-0.05, 0) is 56.0 Å². The lowest BCUT2D eigenvalue weighted by atomic mass is 9.73. The summed E-state index contributed by atoms with van der Waals surface area (Å²) in [5.41, 5.74) is 5.82. The molecule has 2 fully saturated rings. The summed E-state index contributed by atoms with van der Waals surface area (Å²) in [6.45, 7) is 10.7. The highest BCUT2D eigenvalue weighted by Crippen LogP contribution is 2.38. The molecule has 4 unspecified atom stereocenters. The molecule has 4 atom stereocenters. The molecule has 2 heteroatoms. The summed E-state index contributed by atoms with van der Waals surface area (Å²) in [5, 5.41) is 0. The van der Waals surface area contributed by atoms with Gasteiger partial charge in [0.2, 0.25) is 0 Å². The highest BCUT2D eigenvalue weighted by Gasteiger charge is 2.37. The SMILES string of the molecule is CC1CCC(C(C)C)C(N2CCC(CN)C2)C1. The normalized spacial score (nSPS) is 40.1. The maximum Gasteiger partial charge on any atom is 0.0129 e. The van der Waals surface area contributed by atoms with Crippen LogP contribution in [0.15, 0.2) is 0 Å². The quantitative estimate of drug-likeness (QED) is 0.819. The van der Waals surface area contributed by atoms with Crippen molar-refractivity contribution in [2.75, 3.05) is 19.6 Å². The van der Waals surface area contributed by atoms with Crippen molar-refractivity contribution in [1.82, 2.24) is 4.90 Å². The second kappa shape index (κ2) is 5.71. The van der Waals surface area contributed by atoms with Gasteiger partial charge >= 0.3 is 0 Å². The van der Waals surface area contributed by atoms with Crippen LogP contribution in [0, 0.1) is 23.7 Å². The molecule has 0 aromatic heterocycles.